The van der Waals surface area contributed by atoms with Crippen molar-refractivity contribution in [3.8, 4) is 11.5 Å². The van der Waals surface area contributed by atoms with Crippen LogP contribution in [-0.2, 0) is 11.4 Å². The largest absolute Gasteiger partial charge is 0.493 e. The quantitative estimate of drug-likeness (QED) is 0.485. The van der Waals surface area contributed by atoms with Crippen molar-refractivity contribution in [3.63, 3.8) is 0 Å². The molecule has 0 radical (unpaired) electrons. The predicted octanol–water partition coefficient (Wildman–Crippen LogP) is 5.53. The molecule has 0 spiro atoms. The zero-order valence-electron chi connectivity index (χ0n) is 17.3. The Bertz CT molecular complexity index is 1070. The van der Waals surface area contributed by atoms with Crippen molar-refractivity contribution in [1.82, 2.24) is 0 Å². The second kappa shape index (κ2) is 10.5. The molecule has 0 bridgehead atoms. The lowest BCUT2D eigenvalue weighted by molar-refractivity contribution is -0.114. The Morgan fingerprint density at radius 3 is 2.29 bits per heavy atom. The summed E-state index contributed by atoms with van der Waals surface area (Å²) in [4.78, 5) is 24.0. The van der Waals surface area contributed by atoms with Crippen LogP contribution in [0.1, 0.15) is 29.8 Å². The van der Waals surface area contributed by atoms with Crippen LogP contribution in [0.15, 0.2) is 66.7 Å². The molecule has 0 saturated heterocycles. The summed E-state index contributed by atoms with van der Waals surface area (Å²) >= 11 is 5.91. The van der Waals surface area contributed by atoms with Gasteiger partial charge in [-0.3, -0.25) is 9.59 Å². The number of rotatable bonds is 8. The molecular weight excluding hydrogens is 416 g/mol. The standard InChI is InChI=1S/C24H23ClN2O4/c1-3-30-23-12-7-17(13-18(23)15-31-22-10-8-19(25)9-11-22)24(29)27-21-6-4-5-20(14-21)26-16(2)28/h4-14H,3,15H2,1-2H3,(H,26,28)(H,27,29). The first kappa shape index (κ1) is 22.2. The Balaban J connectivity index is 1.76. The fourth-order valence-electron chi connectivity index (χ4n) is 2.90. The van der Waals surface area contributed by atoms with Crippen LogP contribution in [0.25, 0.3) is 0 Å². The molecule has 0 atom stereocenters. The molecule has 0 saturated carbocycles. The lowest BCUT2D eigenvalue weighted by Crippen LogP contribution is -2.13. The number of carbonyl (C=O) groups excluding carboxylic acids is 2. The highest BCUT2D eigenvalue weighted by Crippen LogP contribution is 2.24. The van der Waals surface area contributed by atoms with Crippen molar-refractivity contribution < 1.29 is 19.1 Å². The molecule has 7 heteroatoms. The lowest BCUT2D eigenvalue weighted by atomic mass is 10.1. The third-order valence-electron chi connectivity index (χ3n) is 4.27. The average Bonchev–Trinajstić information content (AvgIpc) is 2.74. The van der Waals surface area contributed by atoms with Gasteiger partial charge in [0.1, 0.15) is 18.1 Å². The van der Waals surface area contributed by atoms with E-state index in [1.54, 1.807) is 66.7 Å². The van der Waals surface area contributed by atoms with Crippen LogP contribution in [0, 0.1) is 0 Å². The number of amides is 2. The van der Waals surface area contributed by atoms with E-state index in [1.165, 1.54) is 6.92 Å². The summed E-state index contributed by atoms with van der Waals surface area (Å²) < 4.78 is 11.5. The molecule has 3 aromatic rings. The van der Waals surface area contributed by atoms with Gasteiger partial charge in [-0.15, -0.1) is 0 Å². The summed E-state index contributed by atoms with van der Waals surface area (Å²) in [7, 11) is 0. The zero-order valence-corrected chi connectivity index (χ0v) is 18.0. The van der Waals surface area contributed by atoms with Gasteiger partial charge in [0.05, 0.1) is 6.61 Å². The molecule has 0 unspecified atom stereocenters. The van der Waals surface area contributed by atoms with E-state index < -0.39 is 0 Å². The fraction of sp³-hybridized carbons (Fsp3) is 0.167. The normalized spacial score (nSPS) is 10.3. The maximum Gasteiger partial charge on any atom is 0.255 e. The van der Waals surface area contributed by atoms with Gasteiger partial charge in [-0.2, -0.15) is 0 Å². The van der Waals surface area contributed by atoms with E-state index in [0.717, 1.165) is 5.56 Å². The Kier molecular flexibility index (Phi) is 7.51. The third kappa shape index (κ3) is 6.49. The van der Waals surface area contributed by atoms with Gasteiger partial charge in [0.25, 0.3) is 5.91 Å². The molecule has 0 aliphatic rings. The Hall–Kier alpha value is -3.51. The fourth-order valence-corrected chi connectivity index (χ4v) is 3.03. The van der Waals surface area contributed by atoms with Crippen LogP contribution in [0.5, 0.6) is 11.5 Å². The second-order valence-corrected chi connectivity index (χ2v) is 7.15. The number of nitrogens with one attached hydrogen (secondary N) is 2. The Labute approximate surface area is 186 Å². The minimum Gasteiger partial charge on any atom is -0.493 e. The van der Waals surface area contributed by atoms with E-state index >= 15 is 0 Å². The molecule has 31 heavy (non-hydrogen) atoms. The molecular formula is C24H23ClN2O4. The van der Waals surface area contributed by atoms with E-state index in [0.29, 0.717) is 40.1 Å². The molecule has 0 aliphatic heterocycles. The van der Waals surface area contributed by atoms with Gasteiger partial charge in [0.2, 0.25) is 5.91 Å². The minimum absolute atomic E-state index is 0.180. The molecule has 6 nitrogen and oxygen atoms in total. The van der Waals surface area contributed by atoms with Crippen LogP contribution in [0.3, 0.4) is 0 Å². The van der Waals surface area contributed by atoms with Crippen molar-refractivity contribution in [2.45, 2.75) is 20.5 Å². The van der Waals surface area contributed by atoms with Crippen LogP contribution < -0.4 is 20.1 Å². The van der Waals surface area contributed by atoms with Crippen molar-refractivity contribution in [1.29, 1.82) is 0 Å². The molecule has 0 heterocycles. The van der Waals surface area contributed by atoms with Crippen molar-refractivity contribution in [2.24, 2.45) is 0 Å². The van der Waals surface area contributed by atoms with Crippen molar-refractivity contribution in [2.75, 3.05) is 17.2 Å². The molecule has 0 fully saturated rings. The highest BCUT2D eigenvalue weighted by molar-refractivity contribution is 6.30. The number of ether oxygens (including phenoxy) is 2. The highest BCUT2D eigenvalue weighted by Gasteiger charge is 2.12. The minimum atomic E-state index is -0.282. The smallest absolute Gasteiger partial charge is 0.255 e. The summed E-state index contributed by atoms with van der Waals surface area (Å²) in [6.07, 6.45) is 0. The number of anilines is 2. The third-order valence-corrected chi connectivity index (χ3v) is 4.52. The topological polar surface area (TPSA) is 76.7 Å². The molecule has 0 aliphatic carbocycles. The van der Waals surface area contributed by atoms with E-state index in [4.69, 9.17) is 21.1 Å². The maximum absolute atomic E-state index is 12.8. The van der Waals surface area contributed by atoms with Gasteiger partial charge in [0.15, 0.2) is 0 Å². The van der Waals surface area contributed by atoms with Gasteiger partial charge < -0.3 is 20.1 Å². The molecule has 3 aromatic carbocycles. The first-order valence-electron chi connectivity index (χ1n) is 9.77. The van der Waals surface area contributed by atoms with Crippen LogP contribution in [-0.4, -0.2) is 18.4 Å². The maximum atomic E-state index is 12.8. The Morgan fingerprint density at radius 2 is 1.61 bits per heavy atom. The number of carbonyl (C=O) groups is 2. The van der Waals surface area contributed by atoms with E-state index in [9.17, 15) is 9.59 Å². The summed E-state index contributed by atoms with van der Waals surface area (Å²) in [5, 5.41) is 6.17. The van der Waals surface area contributed by atoms with Crippen LogP contribution in [0.4, 0.5) is 11.4 Å². The summed E-state index contributed by atoms with van der Waals surface area (Å²) in [6.45, 7) is 4.05. The molecule has 2 N–H and O–H groups in total. The summed E-state index contributed by atoms with van der Waals surface area (Å²) in [5.74, 6) is 0.855. The second-order valence-electron chi connectivity index (χ2n) is 6.71. The van der Waals surface area contributed by atoms with Gasteiger partial charge >= 0.3 is 0 Å². The molecule has 160 valence electrons. The number of halogens is 1. The van der Waals surface area contributed by atoms with E-state index in [2.05, 4.69) is 10.6 Å². The number of hydrogen-bond donors (Lipinski definition) is 2. The number of hydrogen-bond acceptors (Lipinski definition) is 4. The van der Waals surface area contributed by atoms with Gasteiger partial charge in [-0.05, 0) is 67.6 Å². The SMILES string of the molecule is CCOc1ccc(C(=O)Nc2cccc(NC(C)=O)c2)cc1COc1ccc(Cl)cc1. The van der Waals surface area contributed by atoms with Crippen molar-refractivity contribution in [3.05, 3.63) is 82.9 Å². The van der Waals surface area contributed by atoms with Crippen LogP contribution >= 0.6 is 11.6 Å². The van der Waals surface area contributed by atoms with Crippen molar-refractivity contribution >= 4 is 34.8 Å². The predicted molar refractivity (Wildman–Crippen MR) is 122 cm³/mol. The molecule has 0 aromatic heterocycles. The average molecular weight is 439 g/mol. The monoisotopic (exact) mass is 438 g/mol. The summed E-state index contributed by atoms with van der Waals surface area (Å²) in [6, 6.07) is 19.2. The first-order valence-corrected chi connectivity index (χ1v) is 10.2. The highest BCUT2D eigenvalue weighted by atomic mass is 35.5. The van der Waals surface area contributed by atoms with Crippen LogP contribution in [0.2, 0.25) is 5.02 Å². The molecule has 3 rings (SSSR count). The van der Waals surface area contributed by atoms with E-state index in [1.807, 2.05) is 6.92 Å². The van der Waals surface area contributed by atoms with Gasteiger partial charge in [-0.1, -0.05) is 17.7 Å². The Morgan fingerprint density at radius 1 is 0.903 bits per heavy atom. The van der Waals surface area contributed by atoms with Gasteiger partial charge in [0, 0.05) is 34.4 Å². The first-order chi connectivity index (χ1) is 14.9. The molecule has 2 amide bonds. The lowest BCUT2D eigenvalue weighted by Gasteiger charge is -2.14. The summed E-state index contributed by atoms with van der Waals surface area (Å²) in [5.41, 5.74) is 2.39. The van der Waals surface area contributed by atoms with E-state index in [-0.39, 0.29) is 18.4 Å². The van der Waals surface area contributed by atoms with Gasteiger partial charge in [-0.25, -0.2) is 0 Å². The number of benzene rings is 3. The zero-order chi connectivity index (χ0) is 22.2.